The van der Waals surface area contributed by atoms with Gasteiger partial charge in [-0.25, -0.2) is 9.78 Å². The van der Waals surface area contributed by atoms with E-state index in [0.29, 0.717) is 5.69 Å². The van der Waals surface area contributed by atoms with Crippen LogP contribution >= 0.6 is 0 Å². The zero-order valence-corrected chi connectivity index (χ0v) is 14.4. The summed E-state index contributed by atoms with van der Waals surface area (Å²) < 4.78 is 25.8. The number of benzene rings is 1. The monoisotopic (exact) mass is 508 g/mol. The molecule has 0 saturated heterocycles. The molecule has 0 atom stereocenters. The summed E-state index contributed by atoms with van der Waals surface area (Å²) in [6, 6.07) is 14.3. The molecule has 0 amide bonds. The largest absolute Gasteiger partial charge is 0.477 e. The van der Waals surface area contributed by atoms with Crippen molar-refractivity contribution >= 4 is 5.97 Å². The van der Waals surface area contributed by atoms with Crippen molar-refractivity contribution in [3.63, 3.8) is 0 Å². The molecule has 0 aliphatic carbocycles. The summed E-state index contributed by atoms with van der Waals surface area (Å²) in [6.45, 7) is 0. The molecule has 0 radical (unpaired) electrons. The molecule has 2 heterocycles. The van der Waals surface area contributed by atoms with Gasteiger partial charge >= 0.3 is 5.97 Å². The molecule has 3 aromatic rings. The molecule has 1 aromatic carbocycles. The topological polar surface area (TPSA) is 63.1 Å². The van der Waals surface area contributed by atoms with E-state index >= 15 is 0 Å². The van der Waals surface area contributed by atoms with Crippen LogP contribution in [-0.2, 0) is 21.1 Å². The first kappa shape index (κ1) is 19.6. The number of aromatic nitrogens is 2. The maximum Gasteiger partial charge on any atom is 0.354 e. The summed E-state index contributed by atoms with van der Waals surface area (Å²) in [5.74, 6) is -2.28. The van der Waals surface area contributed by atoms with Crippen molar-refractivity contribution in [2.24, 2.45) is 0 Å². The quantitative estimate of drug-likeness (QED) is 0.538. The Kier molecular flexibility index (Phi) is 7.86. The van der Waals surface area contributed by atoms with Gasteiger partial charge in [0.2, 0.25) is 0 Å². The third-order valence-electron chi connectivity index (χ3n) is 2.66. The van der Waals surface area contributed by atoms with Crippen molar-refractivity contribution in [1.82, 2.24) is 9.97 Å². The van der Waals surface area contributed by atoms with Gasteiger partial charge in [-0.1, -0.05) is 29.8 Å². The van der Waals surface area contributed by atoms with E-state index in [1.54, 1.807) is 36.5 Å². The van der Waals surface area contributed by atoms with Gasteiger partial charge < -0.3 is 10.1 Å². The van der Waals surface area contributed by atoms with Crippen LogP contribution in [0.2, 0.25) is 0 Å². The van der Waals surface area contributed by atoms with Gasteiger partial charge in [0.05, 0.1) is 0 Å². The van der Waals surface area contributed by atoms with Crippen molar-refractivity contribution in [2.75, 3.05) is 0 Å². The number of nitrogens with zero attached hydrogens (tertiary/aromatic N) is 2. The number of pyridine rings is 2. The molecule has 24 heavy (non-hydrogen) atoms. The fourth-order valence-electron chi connectivity index (χ4n) is 1.64. The zero-order valence-electron chi connectivity index (χ0n) is 12.1. The molecule has 1 N–H and O–H groups in total. The first-order valence-electron chi connectivity index (χ1n) is 6.50. The van der Waals surface area contributed by atoms with E-state index in [1.807, 2.05) is 0 Å². The summed E-state index contributed by atoms with van der Waals surface area (Å²) in [5.41, 5.74) is 0.717. The first-order valence-corrected chi connectivity index (χ1v) is 6.50. The minimum atomic E-state index is -0.990. The molecule has 0 bridgehead atoms. The number of aromatic carboxylic acids is 1. The van der Waals surface area contributed by atoms with Crippen LogP contribution in [0.1, 0.15) is 10.5 Å². The number of rotatable bonds is 2. The Labute approximate surface area is 151 Å². The van der Waals surface area contributed by atoms with Crippen LogP contribution in [0, 0.1) is 17.7 Å². The summed E-state index contributed by atoms with van der Waals surface area (Å²) in [7, 11) is 0. The summed E-state index contributed by atoms with van der Waals surface area (Å²) in [4.78, 5) is 17.7. The molecule has 4 nitrogen and oxygen atoms in total. The standard InChI is InChI=1S/C11H6F2N.C6H5NO2.Pt/c12-8-4-5-9(10(13)7-8)11-3-1-2-6-14-11;8-6(9)5-3-1-2-4-7-5;/h1-4,6-7H;1-4H,(H,8,9);/q-1;;. The van der Waals surface area contributed by atoms with E-state index in [4.69, 9.17) is 5.11 Å². The van der Waals surface area contributed by atoms with Crippen molar-refractivity contribution < 1.29 is 39.7 Å². The van der Waals surface area contributed by atoms with Gasteiger partial charge in [-0.15, -0.1) is 12.1 Å². The molecule has 0 spiro atoms. The number of halogens is 2. The van der Waals surface area contributed by atoms with Crippen LogP contribution < -0.4 is 0 Å². The average Bonchev–Trinajstić information content (AvgIpc) is 2.57. The van der Waals surface area contributed by atoms with Crippen molar-refractivity contribution in [3.05, 3.63) is 84.3 Å². The molecular formula is C17H11F2N2O2Pt-. The predicted octanol–water partition coefficient (Wildman–Crippen LogP) is 3.60. The predicted molar refractivity (Wildman–Crippen MR) is 79.6 cm³/mol. The van der Waals surface area contributed by atoms with Crippen LogP contribution in [0.4, 0.5) is 8.78 Å². The van der Waals surface area contributed by atoms with Crippen LogP contribution in [-0.4, -0.2) is 21.0 Å². The fraction of sp³-hybridized carbons (Fsp3) is 0. The average molecular weight is 508 g/mol. The van der Waals surface area contributed by atoms with Crippen molar-refractivity contribution in [2.45, 2.75) is 0 Å². The Balaban J connectivity index is 0.000000252. The summed E-state index contributed by atoms with van der Waals surface area (Å²) >= 11 is 0. The van der Waals surface area contributed by atoms with E-state index in [1.165, 1.54) is 12.3 Å². The Bertz CT molecular complexity index is 787. The van der Waals surface area contributed by atoms with Gasteiger partial charge in [0.25, 0.3) is 0 Å². The Hall–Kier alpha value is -2.46. The molecule has 3 rings (SSSR count). The molecule has 126 valence electrons. The number of carboxylic acids is 1. The van der Waals surface area contributed by atoms with Gasteiger partial charge in [-0.05, 0) is 23.9 Å². The molecule has 0 aliphatic rings. The van der Waals surface area contributed by atoms with Crippen molar-refractivity contribution in [3.8, 4) is 11.3 Å². The normalized spacial score (nSPS) is 9.25. The second-order valence-corrected chi connectivity index (χ2v) is 4.28. The molecule has 0 saturated carbocycles. The van der Waals surface area contributed by atoms with Gasteiger partial charge in [0, 0.05) is 45.1 Å². The van der Waals surface area contributed by atoms with Gasteiger partial charge in [-0.3, -0.25) is 8.78 Å². The Morgan fingerprint density at radius 2 is 1.71 bits per heavy atom. The Morgan fingerprint density at radius 3 is 2.17 bits per heavy atom. The van der Waals surface area contributed by atoms with Crippen LogP contribution in [0.5, 0.6) is 0 Å². The molecular weight excluding hydrogens is 497 g/mol. The minimum Gasteiger partial charge on any atom is -0.477 e. The van der Waals surface area contributed by atoms with E-state index in [0.717, 1.165) is 12.1 Å². The smallest absolute Gasteiger partial charge is 0.354 e. The Morgan fingerprint density at radius 1 is 1.04 bits per heavy atom. The van der Waals surface area contributed by atoms with Crippen LogP contribution in [0.3, 0.4) is 0 Å². The van der Waals surface area contributed by atoms with E-state index in [2.05, 4.69) is 16.0 Å². The maximum atomic E-state index is 13.2. The van der Waals surface area contributed by atoms with Gasteiger partial charge in [0.15, 0.2) is 0 Å². The first-order chi connectivity index (χ1) is 11.1. The van der Waals surface area contributed by atoms with Gasteiger partial charge in [0.1, 0.15) is 5.69 Å². The summed E-state index contributed by atoms with van der Waals surface area (Å²) in [5, 5.41) is 8.32. The SMILES string of the molecule is Fc1c[c-]c(-c2ccccn2)c(F)c1.O=C(O)c1ccccn1.[Pt]. The number of hydrogen-bond acceptors (Lipinski definition) is 3. The van der Waals surface area contributed by atoms with Crippen molar-refractivity contribution in [1.29, 1.82) is 0 Å². The van der Waals surface area contributed by atoms with Crippen LogP contribution in [0.25, 0.3) is 11.3 Å². The van der Waals surface area contributed by atoms with E-state index < -0.39 is 17.6 Å². The fourth-order valence-corrected chi connectivity index (χ4v) is 1.64. The summed E-state index contributed by atoms with van der Waals surface area (Å²) in [6.07, 6.45) is 3.00. The number of carbonyl (C=O) groups is 1. The third-order valence-corrected chi connectivity index (χ3v) is 2.66. The number of carboxylic acid groups (broad SMARTS) is 1. The molecule has 2 aromatic heterocycles. The molecule has 7 heteroatoms. The number of hydrogen-bond donors (Lipinski definition) is 1. The second kappa shape index (κ2) is 9.63. The van der Waals surface area contributed by atoms with Crippen LogP contribution in [0.15, 0.2) is 60.9 Å². The van der Waals surface area contributed by atoms with Gasteiger partial charge in [-0.2, -0.15) is 0 Å². The maximum absolute atomic E-state index is 13.2. The molecule has 0 fully saturated rings. The van der Waals surface area contributed by atoms with E-state index in [-0.39, 0.29) is 32.3 Å². The minimum absolute atomic E-state index is 0. The molecule has 0 aliphatic heterocycles. The second-order valence-electron chi connectivity index (χ2n) is 4.28. The van der Waals surface area contributed by atoms with E-state index in [9.17, 15) is 13.6 Å². The third kappa shape index (κ3) is 5.63. The molecule has 0 unspecified atom stereocenters. The zero-order chi connectivity index (χ0) is 16.7.